The summed E-state index contributed by atoms with van der Waals surface area (Å²) in [4.78, 5) is 27.0. The van der Waals surface area contributed by atoms with E-state index >= 15 is 0 Å². The minimum atomic E-state index is -0.423. The van der Waals surface area contributed by atoms with Crippen LogP contribution >= 0.6 is 0 Å². The first-order valence-corrected chi connectivity index (χ1v) is 8.65. The first-order chi connectivity index (χ1) is 11.5. The zero-order valence-electron chi connectivity index (χ0n) is 14.9. The number of carbonyl (C=O) groups is 2. The second-order valence-corrected chi connectivity index (χ2v) is 6.75. The predicted molar refractivity (Wildman–Crippen MR) is 93.4 cm³/mol. The molecule has 132 valence electrons. The Labute approximate surface area is 144 Å². The second kappa shape index (κ2) is 8.83. The Morgan fingerprint density at radius 3 is 2.67 bits per heavy atom. The molecule has 0 saturated heterocycles. The van der Waals surface area contributed by atoms with Crippen LogP contribution in [0.15, 0.2) is 24.3 Å². The van der Waals surface area contributed by atoms with E-state index in [1.54, 1.807) is 12.0 Å². The van der Waals surface area contributed by atoms with Gasteiger partial charge in [-0.15, -0.1) is 0 Å². The number of ether oxygens (including phenoxy) is 1. The molecule has 0 spiro atoms. The molecule has 1 aromatic carbocycles. The molecule has 1 heterocycles. The summed E-state index contributed by atoms with van der Waals surface area (Å²) in [5.41, 5.74) is 2.29. The number of carbonyl (C=O) groups excluding carboxylic acids is 2. The van der Waals surface area contributed by atoms with E-state index in [4.69, 9.17) is 4.74 Å². The van der Waals surface area contributed by atoms with Crippen molar-refractivity contribution in [3.05, 3.63) is 35.4 Å². The smallest absolute Gasteiger partial charge is 0.243 e. The summed E-state index contributed by atoms with van der Waals surface area (Å²) in [6, 6.07) is 7.63. The molecular formula is C19H28N2O3. The first-order valence-electron chi connectivity index (χ1n) is 8.65. The third-order valence-electron chi connectivity index (χ3n) is 4.28. The van der Waals surface area contributed by atoms with Crippen LogP contribution in [0.25, 0.3) is 0 Å². The fourth-order valence-corrected chi connectivity index (χ4v) is 3.03. The lowest BCUT2D eigenvalue weighted by atomic mass is 9.92. The molecular weight excluding hydrogens is 304 g/mol. The molecule has 1 N–H and O–H groups in total. The van der Waals surface area contributed by atoms with Gasteiger partial charge in [0, 0.05) is 39.6 Å². The second-order valence-electron chi connectivity index (χ2n) is 6.75. The number of rotatable bonds is 7. The average molecular weight is 332 g/mol. The molecule has 1 aliphatic rings. The van der Waals surface area contributed by atoms with Crippen LogP contribution in [0.2, 0.25) is 0 Å². The number of methoxy groups -OCH3 is 1. The monoisotopic (exact) mass is 332 g/mol. The van der Waals surface area contributed by atoms with Crippen LogP contribution < -0.4 is 5.32 Å². The normalized spacial score (nSPS) is 16.8. The Bertz CT molecular complexity index is 571. The molecule has 1 aliphatic heterocycles. The molecule has 0 fully saturated rings. The maximum absolute atomic E-state index is 12.6. The number of hydrogen-bond donors (Lipinski definition) is 1. The van der Waals surface area contributed by atoms with E-state index in [-0.39, 0.29) is 17.7 Å². The lowest BCUT2D eigenvalue weighted by Gasteiger charge is -2.36. The molecule has 0 saturated carbocycles. The Morgan fingerprint density at radius 1 is 1.29 bits per heavy atom. The molecule has 2 amide bonds. The van der Waals surface area contributed by atoms with Crippen LogP contribution in [0.4, 0.5) is 0 Å². The molecule has 0 unspecified atom stereocenters. The number of nitrogens with zero attached hydrogens (tertiary/aromatic N) is 1. The molecule has 0 radical (unpaired) electrons. The van der Waals surface area contributed by atoms with E-state index in [0.29, 0.717) is 32.5 Å². The molecule has 0 bridgehead atoms. The fraction of sp³-hybridized carbons (Fsp3) is 0.579. The van der Waals surface area contributed by atoms with Gasteiger partial charge in [0.1, 0.15) is 6.04 Å². The highest BCUT2D eigenvalue weighted by atomic mass is 16.5. The Kier molecular flexibility index (Phi) is 6.79. The number of fused-ring (bicyclic) bond motifs is 1. The van der Waals surface area contributed by atoms with Gasteiger partial charge >= 0.3 is 0 Å². The summed E-state index contributed by atoms with van der Waals surface area (Å²) < 4.78 is 5.00. The zero-order valence-corrected chi connectivity index (χ0v) is 14.9. The van der Waals surface area contributed by atoms with Gasteiger partial charge in [-0.2, -0.15) is 0 Å². The molecule has 1 atom stereocenters. The van der Waals surface area contributed by atoms with E-state index in [9.17, 15) is 9.59 Å². The van der Waals surface area contributed by atoms with E-state index in [2.05, 4.69) is 5.32 Å². The maximum Gasteiger partial charge on any atom is 0.243 e. The first kappa shape index (κ1) is 18.5. The average Bonchev–Trinajstić information content (AvgIpc) is 2.56. The van der Waals surface area contributed by atoms with Crippen molar-refractivity contribution in [2.75, 3.05) is 20.3 Å². The summed E-state index contributed by atoms with van der Waals surface area (Å²) in [6.07, 6.45) is 1.82. The fourth-order valence-electron chi connectivity index (χ4n) is 3.03. The van der Waals surface area contributed by atoms with Crippen molar-refractivity contribution in [2.24, 2.45) is 5.92 Å². The summed E-state index contributed by atoms with van der Waals surface area (Å²) in [6.45, 7) is 5.74. The zero-order chi connectivity index (χ0) is 17.5. The molecule has 1 aromatic rings. The van der Waals surface area contributed by atoms with E-state index in [1.807, 2.05) is 38.1 Å². The summed E-state index contributed by atoms with van der Waals surface area (Å²) in [5.74, 6) is 0.259. The number of benzene rings is 1. The van der Waals surface area contributed by atoms with E-state index in [0.717, 1.165) is 17.5 Å². The van der Waals surface area contributed by atoms with Gasteiger partial charge in [0.05, 0.1) is 0 Å². The highest BCUT2D eigenvalue weighted by molar-refractivity contribution is 5.88. The molecule has 24 heavy (non-hydrogen) atoms. The van der Waals surface area contributed by atoms with Crippen molar-refractivity contribution in [3.8, 4) is 0 Å². The van der Waals surface area contributed by atoms with Crippen molar-refractivity contribution >= 4 is 11.8 Å². The highest BCUT2D eigenvalue weighted by Crippen LogP contribution is 2.24. The molecule has 2 rings (SSSR count). The Balaban J connectivity index is 2.11. The summed E-state index contributed by atoms with van der Waals surface area (Å²) >= 11 is 0. The van der Waals surface area contributed by atoms with Crippen molar-refractivity contribution < 1.29 is 14.3 Å². The highest BCUT2D eigenvalue weighted by Gasteiger charge is 2.34. The SMILES string of the molecule is COCCCNC(=O)[C@H]1Cc2ccccc2CN1C(=O)CC(C)C. The van der Waals surface area contributed by atoms with Gasteiger partial charge in [0.15, 0.2) is 0 Å². The van der Waals surface area contributed by atoms with Crippen LogP contribution in [0.3, 0.4) is 0 Å². The van der Waals surface area contributed by atoms with Crippen molar-refractivity contribution in [2.45, 2.75) is 45.7 Å². The Hall–Kier alpha value is -1.88. The van der Waals surface area contributed by atoms with Crippen molar-refractivity contribution in [3.63, 3.8) is 0 Å². The maximum atomic E-state index is 12.6. The largest absolute Gasteiger partial charge is 0.385 e. The minimum Gasteiger partial charge on any atom is -0.385 e. The summed E-state index contributed by atoms with van der Waals surface area (Å²) in [7, 11) is 1.65. The van der Waals surface area contributed by atoms with Gasteiger partial charge in [0.2, 0.25) is 11.8 Å². The van der Waals surface area contributed by atoms with E-state index in [1.165, 1.54) is 0 Å². The van der Waals surface area contributed by atoms with Gasteiger partial charge < -0.3 is 15.0 Å². The standard InChI is InChI=1S/C19H28N2O3/c1-14(2)11-18(22)21-13-16-8-5-4-7-15(16)12-17(21)19(23)20-9-6-10-24-3/h4-5,7-8,14,17H,6,9-13H2,1-3H3,(H,20,23)/t17-/m1/s1. The predicted octanol–water partition coefficient (Wildman–Crippen LogP) is 2.14. The van der Waals surface area contributed by atoms with Crippen LogP contribution in [0, 0.1) is 5.92 Å². The molecule has 5 nitrogen and oxygen atoms in total. The molecule has 0 aromatic heterocycles. The third kappa shape index (κ3) is 4.81. The Morgan fingerprint density at radius 2 is 2.00 bits per heavy atom. The number of hydrogen-bond acceptors (Lipinski definition) is 3. The van der Waals surface area contributed by atoms with Crippen LogP contribution in [0.1, 0.15) is 37.8 Å². The molecule has 5 heteroatoms. The van der Waals surface area contributed by atoms with Gasteiger partial charge in [-0.1, -0.05) is 38.1 Å². The lowest BCUT2D eigenvalue weighted by Crippen LogP contribution is -2.52. The van der Waals surface area contributed by atoms with E-state index < -0.39 is 6.04 Å². The topological polar surface area (TPSA) is 58.6 Å². The van der Waals surface area contributed by atoms with Crippen LogP contribution in [0.5, 0.6) is 0 Å². The van der Waals surface area contributed by atoms with Gasteiger partial charge in [-0.25, -0.2) is 0 Å². The van der Waals surface area contributed by atoms with Gasteiger partial charge in [-0.3, -0.25) is 9.59 Å². The number of amides is 2. The minimum absolute atomic E-state index is 0.0524. The van der Waals surface area contributed by atoms with Gasteiger partial charge in [-0.05, 0) is 23.5 Å². The quantitative estimate of drug-likeness (QED) is 0.778. The third-order valence-corrected chi connectivity index (χ3v) is 4.28. The van der Waals surface area contributed by atoms with Crippen LogP contribution in [-0.4, -0.2) is 43.0 Å². The number of nitrogens with one attached hydrogen (secondary N) is 1. The van der Waals surface area contributed by atoms with Gasteiger partial charge in [0.25, 0.3) is 0 Å². The summed E-state index contributed by atoms with van der Waals surface area (Å²) in [5, 5.41) is 2.94. The molecule has 0 aliphatic carbocycles. The van der Waals surface area contributed by atoms with Crippen LogP contribution in [-0.2, 0) is 27.3 Å². The van der Waals surface area contributed by atoms with Crippen molar-refractivity contribution in [1.82, 2.24) is 10.2 Å². The lowest BCUT2D eigenvalue weighted by molar-refractivity contribution is -0.142. The van der Waals surface area contributed by atoms with Crippen molar-refractivity contribution in [1.29, 1.82) is 0 Å².